The summed E-state index contributed by atoms with van der Waals surface area (Å²) in [6.07, 6.45) is 0. The second-order valence-corrected chi connectivity index (χ2v) is 14.5. The lowest BCUT2D eigenvalue weighted by atomic mass is 9.91. The standard InChI is InChI=1S/C50H32N2S/c1-3-13-33(14-4-1)37-19-11-20-38(27-37)40-29-41(43-22-12-24-48-49(43)44-21-9-10-23-47(44)53-48)31-42(30-40)46-32-45(35-16-5-2-6-17-35)51-50(52-46)39-26-25-34-15-7-8-18-36(34)28-39/h1-32H. The average Bonchev–Trinajstić information content (AvgIpc) is 3.63. The van der Waals surface area contributed by atoms with Crippen LogP contribution in [0.15, 0.2) is 194 Å². The van der Waals surface area contributed by atoms with Gasteiger partial charge in [0.1, 0.15) is 0 Å². The van der Waals surface area contributed by atoms with E-state index in [-0.39, 0.29) is 0 Å². The molecule has 2 nitrogen and oxygen atoms in total. The first-order chi connectivity index (χ1) is 26.2. The molecular formula is C50H32N2S. The Labute approximate surface area is 312 Å². The lowest BCUT2D eigenvalue weighted by Crippen LogP contribution is -1.97. The molecule has 0 saturated carbocycles. The van der Waals surface area contributed by atoms with Crippen LogP contribution in [0.5, 0.6) is 0 Å². The Hall–Kier alpha value is -6.68. The molecule has 0 amide bonds. The Bertz CT molecular complexity index is 2950. The summed E-state index contributed by atoms with van der Waals surface area (Å²) < 4.78 is 2.58. The highest BCUT2D eigenvalue weighted by Gasteiger charge is 2.17. The monoisotopic (exact) mass is 692 g/mol. The summed E-state index contributed by atoms with van der Waals surface area (Å²) >= 11 is 1.85. The van der Waals surface area contributed by atoms with Crippen molar-refractivity contribution in [3.8, 4) is 67.3 Å². The minimum absolute atomic E-state index is 0.705. The van der Waals surface area contributed by atoms with Crippen molar-refractivity contribution in [1.29, 1.82) is 0 Å². The van der Waals surface area contributed by atoms with Crippen LogP contribution in [0.3, 0.4) is 0 Å². The molecule has 10 aromatic rings. The molecule has 0 aliphatic heterocycles. The molecule has 0 unspecified atom stereocenters. The van der Waals surface area contributed by atoms with E-state index in [0.29, 0.717) is 5.82 Å². The highest BCUT2D eigenvalue weighted by molar-refractivity contribution is 7.25. The lowest BCUT2D eigenvalue weighted by molar-refractivity contribution is 1.18. The fourth-order valence-corrected chi connectivity index (χ4v) is 8.56. The highest BCUT2D eigenvalue weighted by Crippen LogP contribution is 2.42. The van der Waals surface area contributed by atoms with E-state index in [0.717, 1.165) is 44.8 Å². The summed E-state index contributed by atoms with van der Waals surface area (Å²) in [6.45, 7) is 0. The topological polar surface area (TPSA) is 25.8 Å². The molecule has 2 heterocycles. The molecule has 0 bridgehead atoms. The summed E-state index contributed by atoms with van der Waals surface area (Å²) in [7, 11) is 0. The first-order valence-electron chi connectivity index (χ1n) is 17.9. The lowest BCUT2D eigenvalue weighted by Gasteiger charge is -2.14. The number of hydrogen-bond donors (Lipinski definition) is 0. The normalized spacial score (nSPS) is 11.4. The third-order valence-electron chi connectivity index (χ3n) is 10.0. The van der Waals surface area contributed by atoms with Crippen molar-refractivity contribution in [2.45, 2.75) is 0 Å². The fraction of sp³-hybridized carbons (Fsp3) is 0. The highest BCUT2D eigenvalue weighted by atomic mass is 32.1. The van der Waals surface area contributed by atoms with Gasteiger partial charge in [-0.05, 0) is 92.7 Å². The first-order valence-corrected chi connectivity index (χ1v) is 18.7. The van der Waals surface area contributed by atoms with E-state index >= 15 is 0 Å². The van der Waals surface area contributed by atoms with E-state index in [1.807, 2.05) is 17.4 Å². The van der Waals surface area contributed by atoms with Gasteiger partial charge in [-0.3, -0.25) is 0 Å². The van der Waals surface area contributed by atoms with E-state index in [1.54, 1.807) is 0 Å². The molecule has 53 heavy (non-hydrogen) atoms. The van der Waals surface area contributed by atoms with E-state index in [9.17, 15) is 0 Å². The molecule has 248 valence electrons. The molecule has 0 aliphatic rings. The number of benzene rings is 8. The zero-order chi connectivity index (χ0) is 35.1. The van der Waals surface area contributed by atoms with Crippen LogP contribution in [0.2, 0.25) is 0 Å². The van der Waals surface area contributed by atoms with Gasteiger partial charge in [0.25, 0.3) is 0 Å². The van der Waals surface area contributed by atoms with Crippen molar-refractivity contribution in [3.63, 3.8) is 0 Å². The Morgan fingerprint density at radius 1 is 0.321 bits per heavy atom. The van der Waals surface area contributed by atoms with Crippen molar-refractivity contribution in [3.05, 3.63) is 194 Å². The summed E-state index contributed by atoms with van der Waals surface area (Å²) in [5, 5.41) is 4.94. The summed E-state index contributed by atoms with van der Waals surface area (Å²) in [5.74, 6) is 0.705. The van der Waals surface area contributed by atoms with Gasteiger partial charge in [-0.1, -0.05) is 146 Å². The van der Waals surface area contributed by atoms with Crippen molar-refractivity contribution in [1.82, 2.24) is 9.97 Å². The van der Waals surface area contributed by atoms with Crippen molar-refractivity contribution in [2.75, 3.05) is 0 Å². The molecule has 0 aliphatic carbocycles. The number of aromatic nitrogens is 2. The van der Waals surface area contributed by atoms with Crippen LogP contribution < -0.4 is 0 Å². The Morgan fingerprint density at radius 3 is 1.74 bits per heavy atom. The van der Waals surface area contributed by atoms with E-state index in [2.05, 4.69) is 188 Å². The van der Waals surface area contributed by atoms with Crippen LogP contribution in [0.4, 0.5) is 0 Å². The van der Waals surface area contributed by atoms with Gasteiger partial charge in [-0.2, -0.15) is 0 Å². The minimum atomic E-state index is 0.705. The molecule has 2 aromatic heterocycles. The van der Waals surface area contributed by atoms with Gasteiger partial charge in [-0.25, -0.2) is 9.97 Å². The number of fused-ring (bicyclic) bond motifs is 4. The zero-order valence-corrected chi connectivity index (χ0v) is 29.6. The zero-order valence-electron chi connectivity index (χ0n) is 28.8. The third kappa shape index (κ3) is 5.87. The molecule has 10 rings (SSSR count). The number of thiophene rings is 1. The molecular weight excluding hydrogens is 661 g/mol. The number of hydrogen-bond acceptors (Lipinski definition) is 3. The van der Waals surface area contributed by atoms with Crippen LogP contribution in [-0.4, -0.2) is 9.97 Å². The van der Waals surface area contributed by atoms with Gasteiger partial charge < -0.3 is 0 Å². The maximum atomic E-state index is 5.33. The fourth-order valence-electron chi connectivity index (χ4n) is 7.43. The quantitative estimate of drug-likeness (QED) is 0.173. The molecule has 3 heteroatoms. The van der Waals surface area contributed by atoms with Crippen molar-refractivity contribution < 1.29 is 0 Å². The Morgan fingerprint density at radius 2 is 0.906 bits per heavy atom. The number of nitrogens with zero attached hydrogens (tertiary/aromatic N) is 2. The maximum Gasteiger partial charge on any atom is 0.160 e. The summed E-state index contributed by atoms with van der Waals surface area (Å²) in [4.78, 5) is 10.5. The average molecular weight is 693 g/mol. The third-order valence-corrected chi connectivity index (χ3v) is 11.2. The van der Waals surface area contributed by atoms with Crippen molar-refractivity contribution >= 4 is 42.3 Å². The van der Waals surface area contributed by atoms with Gasteiger partial charge in [0, 0.05) is 36.9 Å². The minimum Gasteiger partial charge on any atom is -0.228 e. The molecule has 0 spiro atoms. The second-order valence-electron chi connectivity index (χ2n) is 13.4. The van der Waals surface area contributed by atoms with E-state index < -0.39 is 0 Å². The Kier molecular flexibility index (Phi) is 7.71. The molecule has 0 saturated heterocycles. The van der Waals surface area contributed by atoms with Gasteiger partial charge in [-0.15, -0.1) is 11.3 Å². The first kappa shape index (κ1) is 31.1. The second kappa shape index (κ2) is 13.1. The van der Waals surface area contributed by atoms with E-state index in [1.165, 1.54) is 47.6 Å². The largest absolute Gasteiger partial charge is 0.228 e. The van der Waals surface area contributed by atoms with Crippen LogP contribution in [-0.2, 0) is 0 Å². The van der Waals surface area contributed by atoms with Crippen LogP contribution >= 0.6 is 11.3 Å². The van der Waals surface area contributed by atoms with Crippen LogP contribution in [0, 0.1) is 0 Å². The van der Waals surface area contributed by atoms with Crippen LogP contribution in [0.1, 0.15) is 0 Å². The van der Waals surface area contributed by atoms with Crippen molar-refractivity contribution in [2.24, 2.45) is 0 Å². The smallest absolute Gasteiger partial charge is 0.160 e. The predicted molar refractivity (Wildman–Crippen MR) is 225 cm³/mol. The number of rotatable bonds is 6. The van der Waals surface area contributed by atoms with Gasteiger partial charge in [0.05, 0.1) is 11.4 Å². The predicted octanol–water partition coefficient (Wildman–Crippen LogP) is 14.0. The van der Waals surface area contributed by atoms with Crippen LogP contribution in [0.25, 0.3) is 98.2 Å². The van der Waals surface area contributed by atoms with Gasteiger partial charge >= 0.3 is 0 Å². The SMILES string of the molecule is c1ccc(-c2cccc(-c3cc(-c4cc(-c5ccccc5)nc(-c5ccc6ccccc6c5)n4)cc(-c4cccc5sc6ccccc6c45)c3)c2)cc1. The molecule has 0 radical (unpaired) electrons. The summed E-state index contributed by atoms with van der Waals surface area (Å²) in [5.41, 5.74) is 11.9. The molecule has 0 N–H and O–H groups in total. The summed E-state index contributed by atoms with van der Waals surface area (Å²) in [6, 6.07) is 69.3. The maximum absolute atomic E-state index is 5.33. The molecule has 8 aromatic carbocycles. The van der Waals surface area contributed by atoms with E-state index in [4.69, 9.17) is 9.97 Å². The Balaban J connectivity index is 1.22. The van der Waals surface area contributed by atoms with Gasteiger partial charge in [0.15, 0.2) is 5.82 Å². The molecule has 0 fully saturated rings. The van der Waals surface area contributed by atoms with Gasteiger partial charge in [0.2, 0.25) is 0 Å². The molecule has 0 atom stereocenters.